The Morgan fingerprint density at radius 2 is 1.80 bits per heavy atom. The average molecular weight is 605 g/mol. The number of allylic oxidation sites excluding steroid dienone is 1. The zero-order valence-corrected chi connectivity index (χ0v) is 29.2. The van der Waals surface area contributed by atoms with Gasteiger partial charge in [-0.05, 0) is 89.9 Å². The van der Waals surface area contributed by atoms with Crippen molar-refractivity contribution < 1.29 is 0 Å². The molecule has 6 nitrogen and oxygen atoms in total. The first-order chi connectivity index (χ1) is 21.2. The molecule has 2 heterocycles. The summed E-state index contributed by atoms with van der Waals surface area (Å²) >= 11 is 0. The Morgan fingerprint density at radius 3 is 2.36 bits per heavy atom. The Balaban J connectivity index is 0. The molecule has 2 atom stereocenters. The van der Waals surface area contributed by atoms with Crippen molar-refractivity contribution in [3.8, 4) is 12.8 Å². The minimum atomic E-state index is 0.664. The van der Waals surface area contributed by atoms with Crippen LogP contribution < -0.4 is 5.73 Å². The Morgan fingerprint density at radius 1 is 1.16 bits per heavy atom. The molecule has 0 aromatic heterocycles. The van der Waals surface area contributed by atoms with Gasteiger partial charge in [0.2, 0.25) is 0 Å². The van der Waals surface area contributed by atoms with E-state index in [1.165, 1.54) is 36.9 Å². The third-order valence-electron chi connectivity index (χ3n) is 7.66. The summed E-state index contributed by atoms with van der Waals surface area (Å²) in [5.41, 5.74) is 9.00. The predicted octanol–water partition coefficient (Wildman–Crippen LogP) is 7.38. The average Bonchev–Trinajstić information content (AvgIpc) is 3.06. The fraction of sp³-hybridized carbons (Fsp3) is 0.500. The number of terminal acetylenes is 1. The van der Waals surface area contributed by atoms with Crippen molar-refractivity contribution in [1.82, 2.24) is 19.6 Å². The number of piperidine rings is 1. The van der Waals surface area contributed by atoms with Crippen LogP contribution in [0.3, 0.4) is 0 Å². The molecule has 1 saturated heterocycles. The van der Waals surface area contributed by atoms with E-state index in [0.29, 0.717) is 18.5 Å². The van der Waals surface area contributed by atoms with Gasteiger partial charge in [0.05, 0.1) is 6.54 Å². The smallest absolute Gasteiger partial charge is 0.102 e. The summed E-state index contributed by atoms with van der Waals surface area (Å²) in [5, 5.41) is 0. The monoisotopic (exact) mass is 605 g/mol. The molecule has 2 aliphatic heterocycles. The number of hydrogen-bond acceptors (Lipinski definition) is 6. The van der Waals surface area contributed by atoms with Crippen LogP contribution >= 0.6 is 0 Å². The number of rotatable bonds is 11. The molecule has 0 spiro atoms. The van der Waals surface area contributed by atoms with Crippen molar-refractivity contribution in [2.45, 2.75) is 65.8 Å². The molecule has 2 N–H and O–H groups in total. The van der Waals surface area contributed by atoms with Crippen LogP contribution in [0, 0.1) is 12.8 Å². The SMILES string of the molecule is C#C.C/C=C\CN(C)C(C)CC.C=C.C=C.CC1=NCC=C(N)N1CCN(C)/C=C(\C)CN1CCCC(c2ccccc2)C1. The summed E-state index contributed by atoms with van der Waals surface area (Å²) in [6.45, 7) is 29.7. The number of benzene rings is 1. The first-order valence-corrected chi connectivity index (χ1v) is 15.8. The summed E-state index contributed by atoms with van der Waals surface area (Å²) in [4.78, 5) is 13.8. The van der Waals surface area contributed by atoms with Gasteiger partial charge in [0.25, 0.3) is 0 Å². The van der Waals surface area contributed by atoms with Gasteiger partial charge < -0.3 is 20.4 Å². The molecule has 3 rings (SSSR count). The molecule has 1 aromatic carbocycles. The van der Waals surface area contributed by atoms with E-state index >= 15 is 0 Å². The Labute approximate surface area is 272 Å². The molecular weight excluding hydrogens is 540 g/mol. The van der Waals surface area contributed by atoms with Gasteiger partial charge in [-0.15, -0.1) is 39.2 Å². The van der Waals surface area contributed by atoms with Gasteiger partial charge in [0.1, 0.15) is 11.7 Å². The molecule has 0 radical (unpaired) electrons. The standard InChI is InChI=1S/C23H35N5.C9H19N.2C2H4.C2H2/c1-19(16-26(3)14-15-28-20(2)25-12-11-23(28)24)17-27-13-7-10-22(18-27)21-8-5-4-6-9-21;1-5-7-8-10(4)9(3)6-2;3*1-2/h4-6,8-9,11,16,22H,7,10,12-15,17-18,24H2,1-3H3;5,7,9H,6,8H2,1-4H3;2*1-2H2;1-2H/b19-16+;7-5-;;;. The Hall–Kier alpha value is -3.53. The third-order valence-corrected chi connectivity index (χ3v) is 7.66. The minimum absolute atomic E-state index is 0.664. The zero-order valence-electron chi connectivity index (χ0n) is 29.2. The van der Waals surface area contributed by atoms with Crippen LogP contribution in [0.4, 0.5) is 0 Å². The molecule has 0 aliphatic carbocycles. The summed E-state index contributed by atoms with van der Waals surface area (Å²) in [6, 6.07) is 11.7. The number of hydrogen-bond donors (Lipinski definition) is 1. The van der Waals surface area contributed by atoms with Gasteiger partial charge in [-0.25, -0.2) is 0 Å². The summed E-state index contributed by atoms with van der Waals surface area (Å²) in [5.74, 6) is 2.49. The number of aliphatic imine (C=N–C) groups is 1. The van der Waals surface area contributed by atoms with Gasteiger partial charge in [-0.1, -0.05) is 49.4 Å². The Bertz CT molecular complexity index is 973. The third kappa shape index (κ3) is 17.6. The molecule has 44 heavy (non-hydrogen) atoms. The lowest BCUT2D eigenvalue weighted by atomic mass is 9.90. The maximum atomic E-state index is 6.11. The van der Waals surface area contributed by atoms with Crippen LogP contribution in [-0.4, -0.2) is 91.4 Å². The number of amidine groups is 1. The minimum Gasteiger partial charge on any atom is -0.385 e. The van der Waals surface area contributed by atoms with Crippen molar-refractivity contribution in [3.63, 3.8) is 0 Å². The van der Waals surface area contributed by atoms with Crippen molar-refractivity contribution in [3.05, 3.63) is 98.0 Å². The van der Waals surface area contributed by atoms with E-state index < -0.39 is 0 Å². The van der Waals surface area contributed by atoms with Gasteiger partial charge >= 0.3 is 0 Å². The lowest BCUT2D eigenvalue weighted by molar-refractivity contribution is 0.222. The zero-order chi connectivity index (χ0) is 33.9. The number of likely N-dealkylation sites (tertiary alicyclic amines) is 1. The van der Waals surface area contributed by atoms with Crippen LogP contribution in [0.1, 0.15) is 65.4 Å². The lowest BCUT2D eigenvalue weighted by Crippen LogP contribution is -2.39. The topological polar surface area (TPSA) is 51.3 Å². The summed E-state index contributed by atoms with van der Waals surface area (Å²) in [7, 11) is 4.30. The molecule has 6 heteroatoms. The van der Waals surface area contributed by atoms with Gasteiger partial charge in [0.15, 0.2) is 0 Å². The van der Waals surface area contributed by atoms with Gasteiger partial charge in [-0.2, -0.15) is 0 Å². The molecule has 1 fully saturated rings. The summed E-state index contributed by atoms with van der Waals surface area (Å²) < 4.78 is 0. The number of likely N-dealkylation sites (N-methyl/N-ethyl adjacent to an activating group) is 2. The molecule has 0 saturated carbocycles. The fourth-order valence-corrected chi connectivity index (χ4v) is 5.00. The maximum absolute atomic E-state index is 6.11. The summed E-state index contributed by atoms with van der Waals surface area (Å²) in [6.07, 6.45) is 20.4. The highest BCUT2D eigenvalue weighted by molar-refractivity contribution is 5.82. The highest BCUT2D eigenvalue weighted by Crippen LogP contribution is 2.27. The first-order valence-electron chi connectivity index (χ1n) is 15.8. The van der Waals surface area contributed by atoms with Crippen molar-refractivity contribution in [2.75, 3.05) is 59.9 Å². The predicted molar refractivity (Wildman–Crippen MR) is 198 cm³/mol. The molecule has 0 amide bonds. The van der Waals surface area contributed by atoms with E-state index in [-0.39, 0.29) is 0 Å². The van der Waals surface area contributed by atoms with E-state index in [1.54, 1.807) is 0 Å². The van der Waals surface area contributed by atoms with E-state index in [1.807, 2.05) is 13.0 Å². The van der Waals surface area contributed by atoms with E-state index in [4.69, 9.17) is 5.73 Å². The van der Waals surface area contributed by atoms with Crippen molar-refractivity contribution >= 4 is 5.84 Å². The highest BCUT2D eigenvalue weighted by atomic mass is 15.3. The number of nitrogens with two attached hydrogens (primary N) is 1. The number of nitrogens with zero attached hydrogens (tertiary/aromatic N) is 5. The largest absolute Gasteiger partial charge is 0.385 e. The van der Waals surface area contributed by atoms with Crippen LogP contribution in [0.15, 0.2) is 97.5 Å². The van der Waals surface area contributed by atoms with Crippen LogP contribution in [0.2, 0.25) is 0 Å². The molecule has 246 valence electrons. The van der Waals surface area contributed by atoms with E-state index in [0.717, 1.165) is 44.4 Å². The molecule has 2 unspecified atom stereocenters. The van der Waals surface area contributed by atoms with Crippen molar-refractivity contribution in [1.29, 1.82) is 0 Å². The van der Waals surface area contributed by atoms with Gasteiger partial charge in [-0.3, -0.25) is 9.89 Å². The van der Waals surface area contributed by atoms with Crippen LogP contribution in [0.5, 0.6) is 0 Å². The maximum Gasteiger partial charge on any atom is 0.102 e. The van der Waals surface area contributed by atoms with Crippen LogP contribution in [-0.2, 0) is 0 Å². The van der Waals surface area contributed by atoms with E-state index in [2.05, 4.69) is 154 Å². The lowest BCUT2D eigenvalue weighted by Gasteiger charge is -2.33. The second-order valence-electron chi connectivity index (χ2n) is 10.9. The highest BCUT2D eigenvalue weighted by Gasteiger charge is 2.21. The van der Waals surface area contributed by atoms with Crippen LogP contribution in [0.25, 0.3) is 0 Å². The van der Waals surface area contributed by atoms with Gasteiger partial charge in [0, 0.05) is 45.8 Å². The molecular formula is C38H64N6. The first kappa shape index (κ1) is 42.6. The molecule has 0 bridgehead atoms. The Kier molecular flexibility index (Phi) is 26.2. The van der Waals surface area contributed by atoms with E-state index in [9.17, 15) is 0 Å². The molecule has 1 aromatic rings. The quantitative estimate of drug-likeness (QED) is 0.211. The van der Waals surface area contributed by atoms with Crippen molar-refractivity contribution in [2.24, 2.45) is 10.7 Å². The second kappa shape index (κ2) is 27.0. The fourth-order valence-electron chi connectivity index (χ4n) is 5.00. The second-order valence-corrected chi connectivity index (χ2v) is 10.9. The molecule has 2 aliphatic rings. The normalized spacial score (nSPS) is 17.2.